The Kier molecular flexibility index (Phi) is 6.48. The van der Waals surface area contributed by atoms with Gasteiger partial charge in [0.1, 0.15) is 36.0 Å². The smallest absolute Gasteiger partial charge is 0.321 e. The molecule has 2 aliphatic carbocycles. The Morgan fingerprint density at radius 3 is 2.31 bits per heavy atom. The minimum absolute atomic E-state index is 0.0214. The Hall–Kier alpha value is -1.06. The van der Waals surface area contributed by atoms with E-state index in [9.17, 15) is 14.4 Å². The molecule has 0 radical (unpaired) electrons. The molecule has 2 aliphatic heterocycles. The summed E-state index contributed by atoms with van der Waals surface area (Å²) in [5.74, 6) is -2.95. The highest BCUT2D eigenvalue weighted by Gasteiger charge is 2.86. The van der Waals surface area contributed by atoms with Gasteiger partial charge in [-0.3, -0.25) is 14.4 Å². The van der Waals surface area contributed by atoms with Gasteiger partial charge in [-0.25, -0.2) is 0 Å². The first-order valence-corrected chi connectivity index (χ1v) is 12.0. The molecule has 32 heavy (non-hydrogen) atoms. The molecule has 0 N–H and O–H groups in total. The molecular weight excluding hydrogens is 487 g/mol. The Balaban J connectivity index is 1.84. The number of rotatable bonds is 7. The van der Waals surface area contributed by atoms with E-state index in [4.69, 9.17) is 58.5 Å². The number of allylic oxidation sites excluding steroid dienone is 1. The summed E-state index contributed by atoms with van der Waals surface area (Å²) < 4.78 is 29.5. The first-order valence-electron chi connectivity index (χ1n) is 10.4. The van der Waals surface area contributed by atoms with Crippen molar-refractivity contribution < 1.29 is 38.1 Å². The van der Waals surface area contributed by atoms with Crippen molar-refractivity contribution in [2.75, 3.05) is 30.9 Å². The number of hydrogen-bond acceptors (Lipinski definition) is 8. The highest BCUT2D eigenvalue weighted by Crippen LogP contribution is 2.72. The summed E-state index contributed by atoms with van der Waals surface area (Å²) in [6.07, 6.45) is 0.204. The molecule has 178 valence electrons. The fourth-order valence-corrected chi connectivity index (χ4v) is 6.09. The Labute approximate surface area is 200 Å². The fraction of sp³-hybridized carbons (Fsp3) is 0.762. The van der Waals surface area contributed by atoms with Crippen LogP contribution in [0.4, 0.5) is 0 Å². The van der Waals surface area contributed by atoms with Gasteiger partial charge >= 0.3 is 17.9 Å². The van der Waals surface area contributed by atoms with Gasteiger partial charge in [-0.15, -0.1) is 34.8 Å². The van der Waals surface area contributed by atoms with E-state index in [1.165, 1.54) is 0 Å². The molecule has 0 aromatic carbocycles. The molecular formula is C21H25Cl3O8. The molecule has 2 saturated heterocycles. The van der Waals surface area contributed by atoms with Gasteiger partial charge in [-0.2, -0.15) is 0 Å². The molecule has 4 rings (SSSR count). The van der Waals surface area contributed by atoms with Gasteiger partial charge in [0, 0.05) is 5.41 Å². The average Bonchev–Trinajstić information content (AvgIpc) is 3.57. The van der Waals surface area contributed by atoms with Crippen molar-refractivity contribution in [2.24, 2.45) is 10.8 Å². The van der Waals surface area contributed by atoms with Crippen LogP contribution < -0.4 is 0 Å². The summed E-state index contributed by atoms with van der Waals surface area (Å²) in [5.41, 5.74) is -1.50. The number of halogens is 3. The zero-order valence-electron chi connectivity index (χ0n) is 17.7. The molecule has 7 atom stereocenters. The maximum Gasteiger partial charge on any atom is 0.321 e. The normalized spacial score (nSPS) is 41.5. The van der Waals surface area contributed by atoms with Crippen LogP contribution in [0.5, 0.6) is 0 Å². The summed E-state index contributed by atoms with van der Waals surface area (Å²) in [5, 5.41) is 0. The van der Waals surface area contributed by atoms with E-state index >= 15 is 0 Å². The largest absolute Gasteiger partial charge is 0.464 e. The predicted molar refractivity (Wildman–Crippen MR) is 114 cm³/mol. The second-order valence-corrected chi connectivity index (χ2v) is 9.76. The van der Waals surface area contributed by atoms with Crippen LogP contribution in [-0.2, 0) is 38.1 Å². The molecule has 8 nitrogen and oxygen atoms in total. The third kappa shape index (κ3) is 3.36. The minimum Gasteiger partial charge on any atom is -0.464 e. The van der Waals surface area contributed by atoms with Crippen LogP contribution in [0.3, 0.4) is 0 Å². The molecule has 0 aromatic rings. The van der Waals surface area contributed by atoms with Crippen LogP contribution in [0.1, 0.15) is 26.7 Å². The maximum atomic E-state index is 12.3. The van der Waals surface area contributed by atoms with Gasteiger partial charge in [-0.05, 0) is 19.8 Å². The van der Waals surface area contributed by atoms with E-state index in [1.807, 2.05) is 19.9 Å². The van der Waals surface area contributed by atoms with Crippen LogP contribution in [0, 0.1) is 10.8 Å². The van der Waals surface area contributed by atoms with E-state index in [0.717, 1.165) is 12.0 Å². The molecule has 1 saturated carbocycles. The van der Waals surface area contributed by atoms with E-state index < -0.39 is 58.8 Å². The van der Waals surface area contributed by atoms with Crippen molar-refractivity contribution in [2.45, 2.75) is 56.7 Å². The Morgan fingerprint density at radius 2 is 1.72 bits per heavy atom. The lowest BCUT2D eigenvalue weighted by Crippen LogP contribution is -2.66. The number of alkyl halides is 3. The van der Waals surface area contributed by atoms with Crippen molar-refractivity contribution in [3.05, 3.63) is 11.6 Å². The Bertz CT molecular complexity index is 843. The van der Waals surface area contributed by atoms with Gasteiger partial charge in [0.25, 0.3) is 0 Å². The lowest BCUT2D eigenvalue weighted by atomic mass is 9.51. The predicted octanol–water partition coefficient (Wildman–Crippen LogP) is 2.35. The van der Waals surface area contributed by atoms with E-state index in [0.29, 0.717) is 13.0 Å². The van der Waals surface area contributed by atoms with Gasteiger partial charge in [0.05, 0.1) is 18.1 Å². The Morgan fingerprint density at radius 1 is 1.09 bits per heavy atom. The zero-order valence-corrected chi connectivity index (χ0v) is 20.0. The van der Waals surface area contributed by atoms with Gasteiger partial charge in [-0.1, -0.05) is 18.6 Å². The van der Waals surface area contributed by atoms with E-state index in [2.05, 4.69) is 0 Å². The second kappa shape index (κ2) is 8.62. The van der Waals surface area contributed by atoms with Crippen molar-refractivity contribution >= 4 is 52.7 Å². The van der Waals surface area contributed by atoms with Crippen LogP contribution >= 0.6 is 34.8 Å². The molecule has 3 fully saturated rings. The third-order valence-corrected chi connectivity index (χ3v) is 8.23. The third-order valence-electron chi connectivity index (χ3n) is 7.58. The van der Waals surface area contributed by atoms with Crippen molar-refractivity contribution in [3.63, 3.8) is 0 Å². The summed E-state index contributed by atoms with van der Waals surface area (Å²) in [6.45, 7) is 4.22. The molecule has 0 unspecified atom stereocenters. The number of epoxide rings is 1. The van der Waals surface area contributed by atoms with Crippen molar-refractivity contribution in [1.82, 2.24) is 0 Å². The molecule has 2 heterocycles. The van der Waals surface area contributed by atoms with E-state index in [-0.39, 0.29) is 24.2 Å². The lowest BCUT2D eigenvalue weighted by molar-refractivity contribution is -0.233. The standard InChI is InChI=1S/C21H25Cl3O8/c1-11-3-4-20(9-28-13(25)6-22)12(5-11)30-18-16(31-14(26)7-23)17(32-15(27)8-24)19(20,2)21(18)10-29-21/h5,12,16-18H,3-4,6-10H2,1-2H3/t12-,16-,17+,18-,19-,20-,21-/m0/s1. The summed E-state index contributed by atoms with van der Waals surface area (Å²) in [7, 11) is 0. The summed E-state index contributed by atoms with van der Waals surface area (Å²) in [4.78, 5) is 36.5. The van der Waals surface area contributed by atoms with Crippen LogP contribution in [0.15, 0.2) is 11.6 Å². The van der Waals surface area contributed by atoms with E-state index in [1.54, 1.807) is 0 Å². The van der Waals surface area contributed by atoms with Crippen LogP contribution in [0.2, 0.25) is 0 Å². The number of esters is 3. The molecule has 11 heteroatoms. The number of carbonyl (C=O) groups is 3. The molecule has 0 amide bonds. The quantitative estimate of drug-likeness (QED) is 0.169. The maximum absolute atomic E-state index is 12.3. The van der Waals surface area contributed by atoms with Crippen molar-refractivity contribution in [3.8, 4) is 0 Å². The van der Waals surface area contributed by atoms with Crippen molar-refractivity contribution in [1.29, 1.82) is 0 Å². The fourth-order valence-electron chi connectivity index (χ4n) is 5.89. The average molecular weight is 512 g/mol. The molecule has 0 aromatic heterocycles. The monoisotopic (exact) mass is 510 g/mol. The molecule has 1 spiro atoms. The van der Waals surface area contributed by atoms with Gasteiger partial charge in [0.2, 0.25) is 0 Å². The van der Waals surface area contributed by atoms with Crippen LogP contribution in [-0.4, -0.2) is 78.8 Å². The number of fused-ring (bicyclic) bond motifs is 2. The second-order valence-electron chi connectivity index (χ2n) is 8.95. The van der Waals surface area contributed by atoms with Crippen LogP contribution in [0.25, 0.3) is 0 Å². The highest BCUT2D eigenvalue weighted by molar-refractivity contribution is 6.27. The number of ether oxygens (including phenoxy) is 5. The van der Waals surface area contributed by atoms with Gasteiger partial charge in [0.15, 0.2) is 12.2 Å². The number of carbonyl (C=O) groups excluding carboxylic acids is 3. The topological polar surface area (TPSA) is 101 Å². The molecule has 2 bridgehead atoms. The first-order chi connectivity index (χ1) is 15.2. The SMILES string of the molecule is CC1=C[C@@H]2O[C@H]3[C@@H](OC(=O)CCl)[C@@H](OC(=O)CCl)[C@@](C)([C@]2(COC(=O)CCl)CC1)[C@]31CO1. The first kappa shape index (κ1) is 24.1. The minimum atomic E-state index is -0.958. The van der Waals surface area contributed by atoms with Gasteiger partial charge < -0.3 is 23.7 Å². The summed E-state index contributed by atoms with van der Waals surface area (Å²) >= 11 is 17.1. The lowest BCUT2D eigenvalue weighted by Gasteiger charge is -2.57. The zero-order chi connectivity index (χ0) is 23.3. The molecule has 4 aliphatic rings. The number of hydrogen-bond donors (Lipinski definition) is 0. The highest BCUT2D eigenvalue weighted by atomic mass is 35.5. The summed E-state index contributed by atoms with van der Waals surface area (Å²) in [6, 6.07) is 0.